The smallest absolute Gasteiger partial charge is 0.383 e. The first-order chi connectivity index (χ1) is 17.0. The van der Waals surface area contributed by atoms with Crippen LogP contribution in [0, 0.1) is 5.82 Å². The maximum absolute atomic E-state index is 14.6. The van der Waals surface area contributed by atoms with E-state index in [0.717, 1.165) is 12.1 Å². The number of methoxy groups -OCH3 is 1. The standard InChI is InChI=1S/C23H22F4N6O3/c1-12(11-36-2)28-20(34)15-5-4-14(10-16(15)19-30-32-33-31-19)29-21(35)22(7-8-22)17-6-3-13(9-18(17)24)23(25,26)27/h3-6,9-10,12H,7-8,11H2,1-2H3,(H,28,34)(H,29,35)(H,30,31,32,33). The number of anilines is 1. The third-order valence-corrected chi connectivity index (χ3v) is 5.91. The number of H-pyrrole nitrogens is 1. The van der Waals surface area contributed by atoms with E-state index < -0.39 is 34.8 Å². The summed E-state index contributed by atoms with van der Waals surface area (Å²) in [6, 6.07) is 6.33. The van der Waals surface area contributed by atoms with E-state index in [9.17, 15) is 27.2 Å². The van der Waals surface area contributed by atoms with Crippen LogP contribution < -0.4 is 10.6 Å². The van der Waals surface area contributed by atoms with Gasteiger partial charge in [0, 0.05) is 30.0 Å². The topological polar surface area (TPSA) is 122 Å². The Labute approximate surface area is 202 Å². The van der Waals surface area contributed by atoms with Gasteiger partial charge < -0.3 is 15.4 Å². The first-order valence-electron chi connectivity index (χ1n) is 10.9. The second-order valence-corrected chi connectivity index (χ2v) is 8.57. The van der Waals surface area contributed by atoms with Crippen molar-refractivity contribution in [2.24, 2.45) is 0 Å². The molecule has 3 aromatic rings. The first kappa shape index (κ1) is 25.2. The van der Waals surface area contributed by atoms with Gasteiger partial charge in [-0.25, -0.2) is 9.49 Å². The zero-order chi connectivity index (χ0) is 26.1. The molecule has 1 aliphatic carbocycles. The normalized spacial score (nSPS) is 15.3. The zero-order valence-corrected chi connectivity index (χ0v) is 19.2. The van der Waals surface area contributed by atoms with E-state index in [4.69, 9.17) is 4.74 Å². The lowest BCUT2D eigenvalue weighted by atomic mass is 9.93. The molecule has 3 N–H and O–H groups in total. The second-order valence-electron chi connectivity index (χ2n) is 8.57. The molecule has 9 nitrogen and oxygen atoms in total. The Morgan fingerprint density at radius 3 is 2.53 bits per heavy atom. The molecule has 1 saturated carbocycles. The molecule has 0 bridgehead atoms. The van der Waals surface area contributed by atoms with Crippen molar-refractivity contribution in [3.8, 4) is 11.4 Å². The molecule has 1 aromatic heterocycles. The number of hydrogen-bond acceptors (Lipinski definition) is 6. The van der Waals surface area contributed by atoms with Gasteiger partial charge >= 0.3 is 6.18 Å². The number of aromatic nitrogens is 4. The van der Waals surface area contributed by atoms with Gasteiger partial charge in [-0.3, -0.25) is 9.59 Å². The van der Waals surface area contributed by atoms with E-state index >= 15 is 0 Å². The van der Waals surface area contributed by atoms with Gasteiger partial charge in [-0.05, 0) is 60.5 Å². The Hall–Kier alpha value is -3.87. The average Bonchev–Trinajstić information content (AvgIpc) is 3.43. The van der Waals surface area contributed by atoms with Crippen molar-refractivity contribution < 1.29 is 31.9 Å². The number of nitrogens with one attached hydrogen (secondary N) is 3. The molecule has 1 heterocycles. The minimum absolute atomic E-state index is 0.101. The predicted octanol–water partition coefficient (Wildman–Crippen LogP) is 3.46. The highest BCUT2D eigenvalue weighted by molar-refractivity contribution is 6.04. The van der Waals surface area contributed by atoms with Gasteiger partial charge in [-0.2, -0.15) is 13.2 Å². The van der Waals surface area contributed by atoms with Crippen LogP contribution in [-0.2, 0) is 21.1 Å². The largest absolute Gasteiger partial charge is 0.416 e. The number of benzene rings is 2. The maximum atomic E-state index is 14.6. The molecular weight excluding hydrogens is 484 g/mol. The van der Waals surface area contributed by atoms with Crippen molar-refractivity contribution in [1.82, 2.24) is 25.9 Å². The van der Waals surface area contributed by atoms with Crippen molar-refractivity contribution >= 4 is 17.5 Å². The van der Waals surface area contributed by atoms with Gasteiger partial charge in [-0.15, -0.1) is 5.10 Å². The van der Waals surface area contributed by atoms with E-state index in [1.807, 2.05) is 0 Å². The quantitative estimate of drug-likeness (QED) is 0.403. The highest BCUT2D eigenvalue weighted by atomic mass is 19.4. The number of carbonyl (C=O) groups is 2. The predicted molar refractivity (Wildman–Crippen MR) is 119 cm³/mol. The van der Waals surface area contributed by atoms with Crippen molar-refractivity contribution in [3.63, 3.8) is 0 Å². The van der Waals surface area contributed by atoms with Gasteiger partial charge in [0.1, 0.15) is 5.82 Å². The number of tetrazole rings is 1. The summed E-state index contributed by atoms with van der Waals surface area (Å²) in [6.07, 6.45) is -4.14. The molecule has 1 fully saturated rings. The third kappa shape index (κ3) is 5.05. The Bertz CT molecular complexity index is 1280. The number of halogens is 4. The van der Waals surface area contributed by atoms with Crippen LogP contribution in [0.2, 0.25) is 0 Å². The van der Waals surface area contributed by atoms with Gasteiger partial charge in [0.05, 0.1) is 23.1 Å². The van der Waals surface area contributed by atoms with Crippen molar-refractivity contribution in [3.05, 3.63) is 58.9 Å². The van der Waals surface area contributed by atoms with Gasteiger partial charge in [-0.1, -0.05) is 6.07 Å². The molecule has 13 heteroatoms. The lowest BCUT2D eigenvalue weighted by Crippen LogP contribution is -2.36. The fourth-order valence-electron chi connectivity index (χ4n) is 3.96. The van der Waals surface area contributed by atoms with Crippen molar-refractivity contribution in [2.75, 3.05) is 19.0 Å². The Morgan fingerprint density at radius 1 is 1.19 bits per heavy atom. The molecule has 1 aliphatic rings. The number of alkyl halides is 3. The molecule has 0 aliphatic heterocycles. The van der Waals surface area contributed by atoms with Gasteiger partial charge in [0.15, 0.2) is 5.82 Å². The van der Waals surface area contributed by atoms with Gasteiger partial charge in [0.2, 0.25) is 5.91 Å². The summed E-state index contributed by atoms with van der Waals surface area (Å²) in [4.78, 5) is 25.9. The summed E-state index contributed by atoms with van der Waals surface area (Å²) in [6.45, 7) is 2.06. The SMILES string of the molecule is COCC(C)NC(=O)c1ccc(NC(=O)C2(c3ccc(C(F)(F)F)cc3F)CC2)cc1-c1nnn[nH]1. The van der Waals surface area contributed by atoms with E-state index in [0.29, 0.717) is 18.2 Å². The number of aromatic amines is 1. The molecule has 0 saturated heterocycles. The van der Waals surface area contributed by atoms with Crippen LogP contribution in [-0.4, -0.2) is 52.2 Å². The Balaban J connectivity index is 1.60. The fourth-order valence-corrected chi connectivity index (χ4v) is 3.96. The minimum Gasteiger partial charge on any atom is -0.383 e. The summed E-state index contributed by atoms with van der Waals surface area (Å²) >= 11 is 0. The van der Waals surface area contributed by atoms with Gasteiger partial charge in [0.25, 0.3) is 5.91 Å². The maximum Gasteiger partial charge on any atom is 0.416 e. The summed E-state index contributed by atoms with van der Waals surface area (Å²) in [5.74, 6) is -1.92. The van der Waals surface area contributed by atoms with E-state index in [2.05, 4.69) is 31.3 Å². The third-order valence-electron chi connectivity index (χ3n) is 5.91. The molecule has 0 radical (unpaired) electrons. The molecule has 2 amide bonds. The first-order valence-corrected chi connectivity index (χ1v) is 10.9. The van der Waals surface area contributed by atoms with E-state index in [1.165, 1.54) is 25.3 Å². The molecule has 1 unspecified atom stereocenters. The van der Waals surface area contributed by atoms with Crippen LogP contribution >= 0.6 is 0 Å². The number of nitrogens with zero attached hydrogens (tertiary/aromatic N) is 3. The number of rotatable bonds is 8. The molecule has 1 atom stereocenters. The second kappa shape index (κ2) is 9.64. The Kier molecular flexibility index (Phi) is 6.76. The lowest BCUT2D eigenvalue weighted by molar-refractivity contribution is -0.137. The number of amides is 2. The fraction of sp³-hybridized carbons (Fsp3) is 0.348. The number of ether oxygens (including phenoxy) is 1. The summed E-state index contributed by atoms with van der Waals surface area (Å²) in [5.41, 5.74) is -1.72. The molecule has 2 aromatic carbocycles. The zero-order valence-electron chi connectivity index (χ0n) is 19.2. The van der Waals surface area contributed by atoms with Crippen LogP contribution in [0.1, 0.15) is 41.3 Å². The van der Waals surface area contributed by atoms with E-state index in [1.54, 1.807) is 6.92 Å². The monoisotopic (exact) mass is 506 g/mol. The number of carbonyl (C=O) groups excluding carboxylic acids is 2. The lowest BCUT2D eigenvalue weighted by Gasteiger charge is -2.19. The minimum atomic E-state index is -4.69. The highest BCUT2D eigenvalue weighted by Gasteiger charge is 2.53. The van der Waals surface area contributed by atoms with Crippen LogP contribution in [0.3, 0.4) is 0 Å². The van der Waals surface area contributed by atoms with Crippen LogP contribution in [0.5, 0.6) is 0 Å². The summed E-state index contributed by atoms with van der Waals surface area (Å²) in [5, 5.41) is 18.9. The molecule has 4 rings (SSSR count). The number of hydrogen-bond donors (Lipinski definition) is 3. The molecular formula is C23H22F4N6O3. The summed E-state index contributed by atoms with van der Waals surface area (Å²) in [7, 11) is 1.51. The van der Waals surface area contributed by atoms with Crippen LogP contribution in [0.25, 0.3) is 11.4 Å². The van der Waals surface area contributed by atoms with Crippen LogP contribution in [0.15, 0.2) is 36.4 Å². The highest BCUT2D eigenvalue weighted by Crippen LogP contribution is 2.50. The van der Waals surface area contributed by atoms with Crippen LogP contribution in [0.4, 0.5) is 23.2 Å². The molecule has 36 heavy (non-hydrogen) atoms. The Morgan fingerprint density at radius 2 is 1.94 bits per heavy atom. The average molecular weight is 506 g/mol. The molecule has 0 spiro atoms. The van der Waals surface area contributed by atoms with Crippen molar-refractivity contribution in [1.29, 1.82) is 0 Å². The van der Waals surface area contributed by atoms with E-state index in [-0.39, 0.29) is 41.5 Å². The summed E-state index contributed by atoms with van der Waals surface area (Å²) < 4.78 is 58.4. The molecule has 190 valence electrons. The van der Waals surface area contributed by atoms with Crippen molar-refractivity contribution in [2.45, 2.75) is 37.4 Å².